The number of esters is 1. The molecule has 2 aliphatic heterocycles. The van der Waals surface area contributed by atoms with E-state index in [0.717, 1.165) is 11.1 Å². The fourth-order valence-electron chi connectivity index (χ4n) is 3.10. The van der Waals surface area contributed by atoms with Crippen molar-refractivity contribution in [1.29, 1.82) is 0 Å². The number of hydrogen-bond acceptors (Lipinski definition) is 6. The lowest BCUT2D eigenvalue weighted by molar-refractivity contribution is 0.0382. The van der Waals surface area contributed by atoms with E-state index >= 15 is 0 Å². The summed E-state index contributed by atoms with van der Waals surface area (Å²) in [4.78, 5) is 12.2. The predicted octanol–water partition coefficient (Wildman–Crippen LogP) is 3.78. The number of methoxy groups -OCH3 is 2. The first kappa shape index (κ1) is 16.1. The Morgan fingerprint density at radius 3 is 2.68 bits per heavy atom. The number of cyclic esters (lactones) is 1. The monoisotopic (exact) mass is 406 g/mol. The number of fused-ring (bicyclic) bond motifs is 2. The number of alkyl halides is 1. The van der Waals surface area contributed by atoms with Crippen molar-refractivity contribution in [1.82, 2.24) is 0 Å². The van der Waals surface area contributed by atoms with E-state index in [-0.39, 0.29) is 11.6 Å². The molecule has 0 N–H and O–H groups in total. The van der Waals surface area contributed by atoms with Crippen LogP contribution in [0.5, 0.6) is 23.0 Å². The van der Waals surface area contributed by atoms with Crippen molar-refractivity contribution in [2.24, 2.45) is 0 Å². The Labute approximate surface area is 152 Å². The van der Waals surface area contributed by atoms with Crippen molar-refractivity contribution in [2.45, 2.75) is 10.9 Å². The normalized spacial score (nSPS) is 18.5. The number of ether oxygens (including phenoxy) is 5. The van der Waals surface area contributed by atoms with E-state index in [1.54, 1.807) is 6.07 Å². The number of benzene rings is 2. The number of carbonyl (C=O) groups excluding carboxylic acids is 1. The molecule has 0 spiro atoms. The molecular formula is C18H15BrO6. The molecule has 7 heteroatoms. The van der Waals surface area contributed by atoms with E-state index in [2.05, 4.69) is 15.9 Å². The van der Waals surface area contributed by atoms with Crippen LogP contribution >= 0.6 is 15.9 Å². The molecule has 0 bridgehead atoms. The molecule has 0 saturated carbocycles. The Balaban J connectivity index is 1.73. The Hall–Kier alpha value is -2.41. The number of hydrogen-bond donors (Lipinski definition) is 0. The van der Waals surface area contributed by atoms with E-state index < -0.39 is 12.1 Å². The molecule has 4 rings (SSSR count). The van der Waals surface area contributed by atoms with Crippen molar-refractivity contribution in [3.05, 3.63) is 47.0 Å². The van der Waals surface area contributed by atoms with Gasteiger partial charge >= 0.3 is 5.97 Å². The van der Waals surface area contributed by atoms with Gasteiger partial charge in [-0.1, -0.05) is 28.1 Å². The first-order valence-electron chi connectivity index (χ1n) is 7.63. The van der Waals surface area contributed by atoms with Crippen LogP contribution in [-0.4, -0.2) is 27.0 Å². The van der Waals surface area contributed by atoms with E-state index in [1.165, 1.54) is 14.2 Å². The minimum atomic E-state index is -0.484. The summed E-state index contributed by atoms with van der Waals surface area (Å²) >= 11 is 3.65. The van der Waals surface area contributed by atoms with Gasteiger partial charge < -0.3 is 23.7 Å². The van der Waals surface area contributed by atoms with Gasteiger partial charge in [0, 0.05) is 5.56 Å². The third-order valence-corrected chi connectivity index (χ3v) is 5.31. The minimum absolute atomic E-state index is 0.212. The van der Waals surface area contributed by atoms with Gasteiger partial charge in [0.25, 0.3) is 0 Å². The summed E-state index contributed by atoms with van der Waals surface area (Å²) in [5, 5.41) is 0. The second-order valence-electron chi connectivity index (χ2n) is 5.61. The molecule has 2 aromatic rings. The van der Waals surface area contributed by atoms with Crippen molar-refractivity contribution in [2.75, 3.05) is 21.0 Å². The maximum Gasteiger partial charge on any atom is 0.343 e. The largest absolute Gasteiger partial charge is 0.493 e. The van der Waals surface area contributed by atoms with Crippen LogP contribution in [0.3, 0.4) is 0 Å². The summed E-state index contributed by atoms with van der Waals surface area (Å²) < 4.78 is 27.0. The lowest BCUT2D eigenvalue weighted by Crippen LogP contribution is -2.06. The van der Waals surface area contributed by atoms with Crippen LogP contribution in [0.2, 0.25) is 0 Å². The van der Waals surface area contributed by atoms with Crippen LogP contribution in [0.1, 0.15) is 32.4 Å². The van der Waals surface area contributed by atoms with Crippen LogP contribution in [0.25, 0.3) is 0 Å². The molecule has 0 radical (unpaired) electrons. The maximum atomic E-state index is 12.4. The average Bonchev–Trinajstić information content (AvgIpc) is 3.24. The van der Waals surface area contributed by atoms with Crippen molar-refractivity contribution in [3.63, 3.8) is 0 Å². The summed E-state index contributed by atoms with van der Waals surface area (Å²) in [7, 11) is 3.03. The van der Waals surface area contributed by atoms with Gasteiger partial charge in [-0.15, -0.1) is 0 Å². The lowest BCUT2D eigenvalue weighted by Gasteiger charge is -2.18. The van der Waals surface area contributed by atoms with Gasteiger partial charge in [0.1, 0.15) is 11.7 Å². The summed E-state index contributed by atoms with van der Waals surface area (Å²) in [6, 6.07) is 9.24. The summed E-state index contributed by atoms with van der Waals surface area (Å²) in [6.07, 6.45) is -0.484. The van der Waals surface area contributed by atoms with Crippen LogP contribution in [-0.2, 0) is 4.74 Å². The van der Waals surface area contributed by atoms with E-state index in [4.69, 9.17) is 23.7 Å². The van der Waals surface area contributed by atoms with Crippen LogP contribution < -0.4 is 18.9 Å². The first-order valence-corrected chi connectivity index (χ1v) is 8.55. The zero-order valence-corrected chi connectivity index (χ0v) is 15.2. The molecule has 130 valence electrons. The molecule has 2 heterocycles. The lowest BCUT2D eigenvalue weighted by atomic mass is 9.98. The third-order valence-electron chi connectivity index (χ3n) is 4.30. The summed E-state index contributed by atoms with van der Waals surface area (Å²) in [6.45, 7) is 0.212. The highest BCUT2D eigenvalue weighted by molar-refractivity contribution is 9.09. The van der Waals surface area contributed by atoms with Crippen molar-refractivity contribution >= 4 is 21.9 Å². The minimum Gasteiger partial charge on any atom is -0.493 e. The number of carbonyl (C=O) groups is 1. The molecule has 2 aliphatic rings. The van der Waals surface area contributed by atoms with Crippen LogP contribution in [0.4, 0.5) is 0 Å². The van der Waals surface area contributed by atoms with Crippen molar-refractivity contribution < 1.29 is 28.5 Å². The summed E-state index contributed by atoms with van der Waals surface area (Å²) in [5.41, 5.74) is 2.07. The Kier molecular flexibility index (Phi) is 3.95. The van der Waals surface area contributed by atoms with E-state index in [0.29, 0.717) is 28.6 Å². The molecular weight excluding hydrogens is 392 g/mol. The first-order chi connectivity index (χ1) is 12.1. The second-order valence-corrected chi connectivity index (χ2v) is 6.59. The Morgan fingerprint density at radius 2 is 1.92 bits per heavy atom. The topological polar surface area (TPSA) is 63.2 Å². The van der Waals surface area contributed by atoms with Gasteiger partial charge in [0.05, 0.1) is 19.0 Å². The van der Waals surface area contributed by atoms with Gasteiger partial charge in [0.15, 0.2) is 23.0 Å². The average molecular weight is 407 g/mol. The van der Waals surface area contributed by atoms with Crippen molar-refractivity contribution in [3.8, 4) is 23.0 Å². The quantitative estimate of drug-likeness (QED) is 0.568. The van der Waals surface area contributed by atoms with Gasteiger partial charge in [0.2, 0.25) is 6.79 Å². The van der Waals surface area contributed by atoms with Crippen LogP contribution in [0, 0.1) is 0 Å². The van der Waals surface area contributed by atoms with Crippen LogP contribution in [0.15, 0.2) is 30.3 Å². The predicted molar refractivity (Wildman–Crippen MR) is 91.9 cm³/mol. The SMILES string of the molecule is COc1ccc2c(c1OC)C(=O)O[C@H]2[C@@H](Br)c1ccc2c(c1)OCO2. The van der Waals surface area contributed by atoms with E-state index in [9.17, 15) is 4.79 Å². The molecule has 6 nitrogen and oxygen atoms in total. The second kappa shape index (κ2) is 6.15. The molecule has 2 atom stereocenters. The van der Waals surface area contributed by atoms with Gasteiger partial charge in [-0.05, 0) is 23.8 Å². The molecule has 25 heavy (non-hydrogen) atoms. The molecule has 0 saturated heterocycles. The van der Waals surface area contributed by atoms with Gasteiger partial charge in [-0.25, -0.2) is 4.79 Å². The van der Waals surface area contributed by atoms with Gasteiger partial charge in [-0.2, -0.15) is 0 Å². The summed E-state index contributed by atoms with van der Waals surface area (Å²) in [5.74, 6) is 1.84. The molecule has 2 aromatic carbocycles. The zero-order valence-electron chi connectivity index (χ0n) is 13.6. The van der Waals surface area contributed by atoms with Gasteiger partial charge in [-0.3, -0.25) is 0 Å². The molecule has 0 aromatic heterocycles. The zero-order chi connectivity index (χ0) is 17.6. The Morgan fingerprint density at radius 1 is 1.12 bits per heavy atom. The highest BCUT2D eigenvalue weighted by atomic mass is 79.9. The standard InChI is InChI=1S/C18H15BrO6/c1-21-12-6-4-10-14(17(12)22-2)18(20)25-16(10)15(19)9-3-5-11-13(7-9)24-8-23-11/h3-7,15-16H,8H2,1-2H3/t15-,16+/m0/s1. The fraction of sp³-hybridized carbons (Fsp3) is 0.278. The maximum absolute atomic E-state index is 12.4. The molecule has 0 aliphatic carbocycles. The molecule has 0 unspecified atom stereocenters. The van der Waals surface area contributed by atoms with E-state index in [1.807, 2.05) is 24.3 Å². The highest BCUT2D eigenvalue weighted by Gasteiger charge is 2.40. The molecule has 0 fully saturated rings. The molecule has 0 amide bonds. The third kappa shape index (κ3) is 2.50. The smallest absolute Gasteiger partial charge is 0.343 e. The highest BCUT2D eigenvalue weighted by Crippen LogP contribution is 2.50. The number of rotatable bonds is 4. The number of halogens is 1. The fourth-order valence-corrected chi connectivity index (χ4v) is 3.78. The Bertz CT molecular complexity index is 850.